The third-order valence-electron chi connectivity index (χ3n) is 2.00. The minimum absolute atomic E-state index is 0.993. The van der Waals surface area contributed by atoms with Crippen LogP contribution in [0.1, 0.15) is 39.0 Å². The Labute approximate surface area is 98.7 Å². The molecule has 0 aliphatic heterocycles. The molecule has 0 aliphatic rings. The maximum atomic E-state index is 3.99. The van der Waals surface area contributed by atoms with E-state index >= 15 is 0 Å². The van der Waals surface area contributed by atoms with Crippen LogP contribution in [0.3, 0.4) is 0 Å². The van der Waals surface area contributed by atoms with Crippen molar-refractivity contribution in [2.75, 3.05) is 0 Å². The Morgan fingerprint density at radius 1 is 0.938 bits per heavy atom. The van der Waals surface area contributed by atoms with Gasteiger partial charge in [0.1, 0.15) is 0 Å². The molecule has 0 radical (unpaired) electrons. The van der Waals surface area contributed by atoms with Crippen LogP contribution in [0.2, 0.25) is 0 Å². The average molecular weight is 218 g/mol. The van der Waals surface area contributed by atoms with Crippen molar-refractivity contribution in [2.24, 2.45) is 0 Å². The Kier molecular flexibility index (Phi) is 7.10. The number of fused-ring (bicyclic) bond motifs is 1. The van der Waals surface area contributed by atoms with Crippen molar-refractivity contribution >= 4 is 10.8 Å². The first-order valence-corrected chi connectivity index (χ1v) is 5.96. The Hall–Kier alpha value is -1.44. The highest BCUT2D eigenvalue weighted by Gasteiger charge is 1.97. The van der Waals surface area contributed by atoms with Crippen molar-refractivity contribution in [3.63, 3.8) is 0 Å². The smallest absolute Gasteiger partial charge is 0.0678 e. The molecule has 0 spiro atoms. The Bertz CT molecular complexity index is 422. The summed E-state index contributed by atoms with van der Waals surface area (Å²) < 4.78 is 0. The molecule has 2 heteroatoms. The largest absolute Gasteiger partial charge is 0.158 e. The van der Waals surface area contributed by atoms with Crippen LogP contribution in [0.25, 0.3) is 10.8 Å². The minimum Gasteiger partial charge on any atom is -0.158 e. The fourth-order valence-corrected chi connectivity index (χ4v) is 1.35. The summed E-state index contributed by atoms with van der Waals surface area (Å²) in [6.07, 6.45) is 1.80. The molecule has 88 valence electrons. The number of aryl methyl sites for hydroxylation is 2. The van der Waals surface area contributed by atoms with Gasteiger partial charge in [-0.2, -0.15) is 10.2 Å². The van der Waals surface area contributed by atoms with E-state index in [-0.39, 0.29) is 0 Å². The van der Waals surface area contributed by atoms with Gasteiger partial charge in [0.25, 0.3) is 0 Å². The maximum absolute atomic E-state index is 3.99. The van der Waals surface area contributed by atoms with Gasteiger partial charge < -0.3 is 0 Å². The second kappa shape index (κ2) is 7.80. The lowest BCUT2D eigenvalue weighted by molar-refractivity contribution is 1.00. The molecule has 0 saturated heterocycles. The number of hydrogen-bond donors (Lipinski definition) is 0. The van der Waals surface area contributed by atoms with Gasteiger partial charge in [0.05, 0.1) is 11.9 Å². The summed E-state index contributed by atoms with van der Waals surface area (Å²) in [6.45, 7) is 12.1. The molecule has 0 fully saturated rings. The van der Waals surface area contributed by atoms with Gasteiger partial charge in [0.2, 0.25) is 0 Å². The lowest BCUT2D eigenvalue weighted by Crippen LogP contribution is -1.87. The molecule has 0 atom stereocenters. The standard InChI is InChI=1S/C10H10N2.2C2H6/c1-7-3-4-10-8(2)12-11-6-9(10)5-7;2*1-2/h3-6H,1-2H3;2*1-2H3. The summed E-state index contributed by atoms with van der Waals surface area (Å²) in [5.41, 5.74) is 2.25. The van der Waals surface area contributed by atoms with E-state index < -0.39 is 0 Å². The van der Waals surface area contributed by atoms with Crippen LogP contribution in [0.4, 0.5) is 0 Å². The molecule has 0 aliphatic carbocycles. The van der Waals surface area contributed by atoms with Crippen molar-refractivity contribution in [1.82, 2.24) is 10.2 Å². The highest BCUT2D eigenvalue weighted by molar-refractivity contribution is 5.83. The number of aromatic nitrogens is 2. The number of rotatable bonds is 0. The summed E-state index contributed by atoms with van der Waals surface area (Å²) >= 11 is 0. The van der Waals surface area contributed by atoms with Gasteiger partial charge in [-0.25, -0.2) is 0 Å². The predicted molar refractivity (Wildman–Crippen MR) is 71.7 cm³/mol. The summed E-state index contributed by atoms with van der Waals surface area (Å²) in [7, 11) is 0. The van der Waals surface area contributed by atoms with Gasteiger partial charge in [-0.1, -0.05) is 45.4 Å². The molecule has 0 unspecified atom stereocenters. The molecular weight excluding hydrogens is 196 g/mol. The van der Waals surface area contributed by atoms with Gasteiger partial charge in [-0.05, 0) is 19.9 Å². The molecule has 2 rings (SSSR count). The third-order valence-corrected chi connectivity index (χ3v) is 2.00. The average Bonchev–Trinajstić information content (AvgIpc) is 2.34. The second-order valence-electron chi connectivity index (χ2n) is 3.02. The zero-order chi connectivity index (χ0) is 12.6. The number of hydrogen-bond acceptors (Lipinski definition) is 2. The maximum Gasteiger partial charge on any atom is 0.0678 e. The van der Waals surface area contributed by atoms with Crippen LogP contribution in [0.15, 0.2) is 24.4 Å². The van der Waals surface area contributed by atoms with Crippen molar-refractivity contribution in [1.29, 1.82) is 0 Å². The molecule has 0 amide bonds. The molecule has 0 N–H and O–H groups in total. The van der Waals surface area contributed by atoms with Gasteiger partial charge >= 0.3 is 0 Å². The van der Waals surface area contributed by atoms with Crippen molar-refractivity contribution < 1.29 is 0 Å². The molecule has 1 aromatic heterocycles. The predicted octanol–water partition coefficient (Wildman–Crippen LogP) is 4.30. The van der Waals surface area contributed by atoms with E-state index in [0.29, 0.717) is 0 Å². The van der Waals surface area contributed by atoms with E-state index in [0.717, 1.165) is 5.69 Å². The minimum atomic E-state index is 0.993. The highest BCUT2D eigenvalue weighted by Crippen LogP contribution is 2.15. The van der Waals surface area contributed by atoms with Crippen LogP contribution < -0.4 is 0 Å². The first kappa shape index (κ1) is 14.6. The zero-order valence-corrected chi connectivity index (χ0v) is 11.2. The molecular formula is C14H22N2. The van der Waals surface area contributed by atoms with E-state index in [4.69, 9.17) is 0 Å². The quantitative estimate of drug-likeness (QED) is 0.659. The van der Waals surface area contributed by atoms with Crippen molar-refractivity contribution in [3.8, 4) is 0 Å². The molecule has 2 nitrogen and oxygen atoms in total. The number of nitrogens with zero attached hydrogens (tertiary/aromatic N) is 2. The van der Waals surface area contributed by atoms with Gasteiger partial charge in [0.15, 0.2) is 0 Å². The van der Waals surface area contributed by atoms with E-state index in [1.165, 1.54) is 16.3 Å². The molecule has 2 aromatic rings. The first-order valence-electron chi connectivity index (χ1n) is 5.96. The topological polar surface area (TPSA) is 25.8 Å². The summed E-state index contributed by atoms with van der Waals surface area (Å²) in [4.78, 5) is 0. The van der Waals surface area contributed by atoms with E-state index in [9.17, 15) is 0 Å². The van der Waals surface area contributed by atoms with Gasteiger partial charge in [-0.3, -0.25) is 0 Å². The Morgan fingerprint density at radius 3 is 2.19 bits per heavy atom. The zero-order valence-electron chi connectivity index (χ0n) is 11.2. The monoisotopic (exact) mass is 218 g/mol. The number of benzene rings is 1. The van der Waals surface area contributed by atoms with Crippen molar-refractivity contribution in [2.45, 2.75) is 41.5 Å². The Morgan fingerprint density at radius 2 is 1.56 bits per heavy atom. The van der Waals surface area contributed by atoms with Crippen LogP contribution in [-0.4, -0.2) is 10.2 Å². The molecule has 0 bridgehead atoms. The van der Waals surface area contributed by atoms with Crippen LogP contribution >= 0.6 is 0 Å². The Balaban J connectivity index is 0.000000509. The van der Waals surface area contributed by atoms with Crippen LogP contribution in [0.5, 0.6) is 0 Å². The lowest BCUT2D eigenvalue weighted by atomic mass is 10.1. The molecule has 0 saturated carbocycles. The van der Waals surface area contributed by atoms with Crippen LogP contribution in [0, 0.1) is 13.8 Å². The summed E-state index contributed by atoms with van der Waals surface area (Å²) in [5, 5.41) is 10.2. The lowest BCUT2D eigenvalue weighted by Gasteiger charge is -1.99. The van der Waals surface area contributed by atoms with Gasteiger partial charge in [0, 0.05) is 10.8 Å². The fourth-order valence-electron chi connectivity index (χ4n) is 1.35. The molecule has 1 aromatic carbocycles. The van der Waals surface area contributed by atoms with Gasteiger partial charge in [-0.15, -0.1) is 0 Å². The van der Waals surface area contributed by atoms with Crippen molar-refractivity contribution in [3.05, 3.63) is 35.7 Å². The van der Waals surface area contributed by atoms with Crippen LogP contribution in [-0.2, 0) is 0 Å². The van der Waals surface area contributed by atoms with E-state index in [1.54, 1.807) is 6.20 Å². The third kappa shape index (κ3) is 3.61. The SMILES string of the molecule is CC.CC.Cc1ccc2c(C)nncc2c1. The van der Waals surface area contributed by atoms with E-state index in [1.807, 2.05) is 34.6 Å². The molecule has 1 heterocycles. The first-order chi connectivity index (χ1) is 7.77. The van der Waals surface area contributed by atoms with E-state index in [2.05, 4.69) is 35.3 Å². The molecule has 16 heavy (non-hydrogen) atoms. The fraction of sp³-hybridized carbons (Fsp3) is 0.429. The highest BCUT2D eigenvalue weighted by atomic mass is 15.1. The normalized spacial score (nSPS) is 8.62. The summed E-state index contributed by atoms with van der Waals surface area (Å²) in [6, 6.07) is 6.31. The second-order valence-corrected chi connectivity index (χ2v) is 3.02. The summed E-state index contributed by atoms with van der Waals surface area (Å²) in [5.74, 6) is 0.